The Kier molecular flexibility index (Phi) is 5.20. The Morgan fingerprint density at radius 2 is 1.62 bits per heavy atom. The van der Waals surface area contributed by atoms with E-state index in [-0.39, 0.29) is 33.9 Å². The van der Waals surface area contributed by atoms with Crippen LogP contribution in [0.2, 0.25) is 0 Å². The van der Waals surface area contributed by atoms with Crippen LogP contribution in [0.4, 0.5) is 0 Å². The van der Waals surface area contributed by atoms with Gasteiger partial charge in [0.05, 0.1) is 11.5 Å². The van der Waals surface area contributed by atoms with E-state index in [4.69, 9.17) is 0 Å². The summed E-state index contributed by atoms with van der Waals surface area (Å²) in [6.07, 6.45) is 8.89. The molecule has 11 atom stereocenters. The van der Waals surface area contributed by atoms with E-state index in [1.165, 1.54) is 24.8 Å². The lowest BCUT2D eigenvalue weighted by molar-refractivity contribution is -0.215. The van der Waals surface area contributed by atoms with Crippen molar-refractivity contribution in [3.8, 4) is 0 Å². The van der Waals surface area contributed by atoms with Crippen molar-refractivity contribution in [1.82, 2.24) is 0 Å². The van der Waals surface area contributed by atoms with Gasteiger partial charge in [-0.2, -0.15) is 0 Å². The summed E-state index contributed by atoms with van der Waals surface area (Å²) in [6.45, 7) is 16.0. The van der Waals surface area contributed by atoms with E-state index < -0.39 is 22.9 Å². The molecule has 4 fully saturated rings. The van der Waals surface area contributed by atoms with E-state index in [1.54, 1.807) is 6.92 Å². The van der Waals surface area contributed by atoms with Crippen LogP contribution in [0.3, 0.4) is 0 Å². The van der Waals surface area contributed by atoms with Gasteiger partial charge >= 0.3 is 5.97 Å². The summed E-state index contributed by atoms with van der Waals surface area (Å²) in [5, 5.41) is 21.1. The third-order valence-corrected chi connectivity index (χ3v) is 13.2. The van der Waals surface area contributed by atoms with E-state index in [1.807, 2.05) is 0 Å². The van der Waals surface area contributed by atoms with E-state index in [0.29, 0.717) is 24.2 Å². The van der Waals surface area contributed by atoms with Crippen molar-refractivity contribution in [2.75, 3.05) is 0 Å². The number of aliphatic carboxylic acids is 1. The quantitative estimate of drug-likeness (QED) is 0.474. The predicted molar refractivity (Wildman–Crippen MR) is 133 cm³/mol. The molecular weight excluding hydrogens is 424 g/mol. The van der Waals surface area contributed by atoms with Gasteiger partial charge in [-0.1, -0.05) is 47.1 Å². The Bertz CT molecular complexity index is 953. The summed E-state index contributed by atoms with van der Waals surface area (Å²) in [7, 11) is 0. The van der Waals surface area contributed by atoms with Gasteiger partial charge in [0.1, 0.15) is 0 Å². The average molecular weight is 471 g/mol. The molecule has 0 heterocycles. The van der Waals surface area contributed by atoms with Crippen LogP contribution < -0.4 is 0 Å². The van der Waals surface area contributed by atoms with Gasteiger partial charge in [0.25, 0.3) is 0 Å². The summed E-state index contributed by atoms with van der Waals surface area (Å²) in [5.41, 5.74) is -0.124. The third-order valence-electron chi connectivity index (χ3n) is 13.2. The van der Waals surface area contributed by atoms with Crippen molar-refractivity contribution in [3.63, 3.8) is 0 Å². The number of ketones is 1. The van der Waals surface area contributed by atoms with Gasteiger partial charge in [0.15, 0.2) is 5.78 Å². The Morgan fingerprint density at radius 3 is 2.26 bits per heavy atom. The highest BCUT2D eigenvalue weighted by Gasteiger charge is 2.71. The molecule has 4 saturated carbocycles. The molecule has 34 heavy (non-hydrogen) atoms. The van der Waals surface area contributed by atoms with Crippen molar-refractivity contribution in [2.45, 2.75) is 106 Å². The van der Waals surface area contributed by atoms with Crippen LogP contribution in [0, 0.1) is 56.7 Å². The molecule has 0 saturated heterocycles. The van der Waals surface area contributed by atoms with Crippen molar-refractivity contribution in [1.29, 1.82) is 0 Å². The minimum Gasteiger partial charge on any atom is -0.481 e. The first-order valence-corrected chi connectivity index (χ1v) is 13.8. The zero-order valence-corrected chi connectivity index (χ0v) is 22.4. The van der Waals surface area contributed by atoms with Gasteiger partial charge in [-0.3, -0.25) is 9.59 Å². The van der Waals surface area contributed by atoms with E-state index in [0.717, 1.165) is 25.7 Å². The van der Waals surface area contributed by atoms with E-state index in [9.17, 15) is 19.8 Å². The van der Waals surface area contributed by atoms with Crippen molar-refractivity contribution in [2.24, 2.45) is 56.7 Å². The fraction of sp³-hybridized carbons (Fsp3) is 0.867. The largest absolute Gasteiger partial charge is 0.481 e. The summed E-state index contributed by atoms with van der Waals surface area (Å²) in [4.78, 5) is 26.7. The molecule has 190 valence electrons. The number of allylic oxidation sites excluding steroid dienone is 2. The summed E-state index contributed by atoms with van der Waals surface area (Å²) < 4.78 is 0. The van der Waals surface area contributed by atoms with Crippen LogP contribution in [0.1, 0.15) is 99.8 Å². The number of carboxylic acid groups (broad SMARTS) is 1. The van der Waals surface area contributed by atoms with Crippen LogP contribution in [-0.2, 0) is 9.59 Å². The van der Waals surface area contributed by atoms with Gasteiger partial charge in [-0.05, 0) is 110 Å². The van der Waals surface area contributed by atoms with E-state index in [2.05, 4.69) is 47.6 Å². The van der Waals surface area contributed by atoms with Crippen LogP contribution in [0.25, 0.3) is 0 Å². The van der Waals surface area contributed by atoms with Crippen molar-refractivity contribution < 1.29 is 19.8 Å². The monoisotopic (exact) mass is 470 g/mol. The highest BCUT2D eigenvalue weighted by Crippen LogP contribution is 2.75. The van der Waals surface area contributed by atoms with E-state index >= 15 is 0 Å². The Balaban J connectivity index is 1.65. The Morgan fingerprint density at radius 1 is 0.941 bits per heavy atom. The number of carboxylic acids is 1. The molecule has 0 aromatic heterocycles. The van der Waals surface area contributed by atoms with Gasteiger partial charge in [-0.15, -0.1) is 0 Å². The summed E-state index contributed by atoms with van der Waals surface area (Å²) in [5.74, 6) is 0.656. The fourth-order valence-electron chi connectivity index (χ4n) is 10.7. The highest BCUT2D eigenvalue weighted by atomic mass is 16.4. The maximum absolute atomic E-state index is 14.2. The van der Waals surface area contributed by atoms with Crippen LogP contribution >= 0.6 is 0 Å². The number of carbonyl (C=O) groups excluding carboxylic acids is 1. The number of hydrogen-bond donors (Lipinski definition) is 2. The molecule has 0 amide bonds. The molecule has 4 heteroatoms. The molecule has 0 bridgehead atoms. The minimum absolute atomic E-state index is 0.0370. The van der Waals surface area contributed by atoms with Crippen LogP contribution in [0.5, 0.6) is 0 Å². The standard InChI is InChI=1S/C30H46O4/c1-17-8-11-26(3)14-15-28(5)19(23(26)18(17)2)16-20(31)24-27(4)12-10-22(32)30(7,25(33)34)21(27)9-13-29(24,28)6/h16-18,21-24,32H,8-15H2,1-7H3,(H,33,34)/t17-,18-,21-,22+,23-,24-,26-,27-,28-,29+,30-/m1/s1. The smallest absolute Gasteiger partial charge is 0.312 e. The second-order valence-corrected chi connectivity index (χ2v) is 14.4. The summed E-state index contributed by atoms with van der Waals surface area (Å²) >= 11 is 0. The maximum atomic E-state index is 14.2. The number of carbonyl (C=O) groups is 2. The first-order chi connectivity index (χ1) is 15.7. The lowest BCUT2D eigenvalue weighted by Crippen LogP contribution is -2.68. The fourth-order valence-corrected chi connectivity index (χ4v) is 10.7. The molecular formula is C30H46O4. The highest BCUT2D eigenvalue weighted by molar-refractivity contribution is 5.96. The van der Waals surface area contributed by atoms with Crippen molar-refractivity contribution >= 4 is 11.8 Å². The molecule has 5 rings (SSSR count). The number of rotatable bonds is 1. The molecule has 5 aliphatic rings. The molecule has 0 unspecified atom stereocenters. The van der Waals surface area contributed by atoms with Gasteiger partial charge < -0.3 is 10.2 Å². The van der Waals surface area contributed by atoms with Gasteiger partial charge in [0.2, 0.25) is 0 Å². The van der Waals surface area contributed by atoms with Crippen LogP contribution in [-0.4, -0.2) is 28.1 Å². The zero-order chi connectivity index (χ0) is 25.1. The second-order valence-electron chi connectivity index (χ2n) is 14.4. The third kappa shape index (κ3) is 2.70. The predicted octanol–water partition coefficient (Wildman–Crippen LogP) is 6.27. The molecule has 0 aromatic rings. The SMILES string of the molecule is C[C@@H]1[C@H](C)CC[C@]2(C)CC[C@]3(C)C(=CC(=O)[C@@H]4[C@]5(C)CC[C@H](O)[C@](C)(C(=O)O)[C@@H]5CC[C@@]43C)[C@@H]12. The Labute approximate surface area is 206 Å². The Hall–Kier alpha value is -1.16. The number of hydrogen-bond acceptors (Lipinski definition) is 3. The first kappa shape index (κ1) is 24.5. The molecule has 0 aromatic carbocycles. The average Bonchev–Trinajstić information content (AvgIpc) is 2.75. The lowest BCUT2D eigenvalue weighted by Gasteiger charge is -2.70. The zero-order valence-electron chi connectivity index (χ0n) is 22.4. The first-order valence-electron chi connectivity index (χ1n) is 13.8. The molecule has 2 N–H and O–H groups in total. The molecule has 0 radical (unpaired) electrons. The molecule has 0 spiro atoms. The van der Waals surface area contributed by atoms with Gasteiger partial charge in [0, 0.05) is 5.92 Å². The molecule has 0 aliphatic heterocycles. The molecule has 4 nitrogen and oxygen atoms in total. The number of fused-ring (bicyclic) bond motifs is 7. The maximum Gasteiger partial charge on any atom is 0.312 e. The number of aliphatic hydroxyl groups excluding tert-OH is 1. The van der Waals surface area contributed by atoms with Gasteiger partial charge in [-0.25, -0.2) is 0 Å². The minimum atomic E-state index is -1.20. The normalized spacial score (nSPS) is 56.9. The molecule has 5 aliphatic carbocycles. The number of aliphatic hydroxyl groups is 1. The van der Waals surface area contributed by atoms with Crippen LogP contribution in [0.15, 0.2) is 11.6 Å². The second kappa shape index (κ2) is 7.20. The summed E-state index contributed by atoms with van der Waals surface area (Å²) in [6, 6.07) is 0. The van der Waals surface area contributed by atoms with Crippen molar-refractivity contribution in [3.05, 3.63) is 11.6 Å². The lowest BCUT2D eigenvalue weighted by atomic mass is 9.33. The topological polar surface area (TPSA) is 74.6 Å².